The van der Waals surface area contributed by atoms with Crippen LogP contribution < -0.4 is 5.32 Å². The highest BCUT2D eigenvalue weighted by Crippen LogP contribution is 2.52. The number of halogens is 2. The fraction of sp³-hybridized carbons (Fsp3) is 0.353. The number of amides is 3. The number of hydrogen-bond donors (Lipinski definition) is 1. The number of allylic oxidation sites excluding steroid dienone is 2. The van der Waals surface area contributed by atoms with Gasteiger partial charge in [-0.3, -0.25) is 19.3 Å². The van der Waals surface area contributed by atoms with Crippen LogP contribution in [0.3, 0.4) is 0 Å². The number of fused-ring (bicyclic) bond motifs is 5. The maximum absolute atomic E-state index is 13.2. The molecule has 2 fully saturated rings. The maximum atomic E-state index is 13.2. The Kier molecular flexibility index (Phi) is 3.26. The number of benzene rings is 1. The normalized spacial score (nSPS) is 30.2. The minimum absolute atomic E-state index is 0.0694. The molecule has 3 aliphatic rings. The number of carbonyl (C=O) groups is 3. The Balaban J connectivity index is 1.46. The Labute approximate surface area is 136 Å². The van der Waals surface area contributed by atoms with Crippen molar-refractivity contribution in [1.82, 2.24) is 4.90 Å². The lowest BCUT2D eigenvalue weighted by molar-refractivity contribution is -0.143. The van der Waals surface area contributed by atoms with Crippen LogP contribution in [0.1, 0.15) is 6.42 Å². The van der Waals surface area contributed by atoms with Crippen LogP contribution in [-0.4, -0.2) is 29.2 Å². The van der Waals surface area contributed by atoms with E-state index in [1.807, 2.05) is 12.2 Å². The second-order valence-electron chi connectivity index (χ2n) is 6.44. The standard InChI is InChI=1S/C17H14F2N2O3/c18-11-4-3-10(6-12(11)19)20-13(22)7-21-16(23)14-8-1-2-9(5-8)15(14)17(21)24/h1-4,6,8-9,14-15H,5,7H2,(H,20,22)/t8-,9-,14+,15+/m0/s1. The monoisotopic (exact) mass is 332 g/mol. The van der Waals surface area contributed by atoms with Gasteiger partial charge in [-0.1, -0.05) is 12.2 Å². The third-order valence-electron chi connectivity index (χ3n) is 5.07. The van der Waals surface area contributed by atoms with Crippen molar-refractivity contribution in [3.05, 3.63) is 42.0 Å². The molecule has 1 N–H and O–H groups in total. The first kappa shape index (κ1) is 15.0. The van der Waals surface area contributed by atoms with Gasteiger partial charge >= 0.3 is 0 Å². The minimum Gasteiger partial charge on any atom is -0.324 e. The lowest BCUT2D eigenvalue weighted by Crippen LogP contribution is -2.39. The van der Waals surface area contributed by atoms with Crippen LogP contribution in [0.15, 0.2) is 30.4 Å². The number of rotatable bonds is 3. The SMILES string of the molecule is O=C(CN1C(=O)[C@H]2[C@H](C1=O)[C@H]1C=C[C@H]2C1)Nc1ccc(F)c(F)c1. The molecule has 1 aromatic rings. The van der Waals surface area contributed by atoms with Gasteiger partial charge in [0.05, 0.1) is 11.8 Å². The Morgan fingerprint density at radius 1 is 1.08 bits per heavy atom. The van der Waals surface area contributed by atoms with E-state index in [1.165, 1.54) is 6.07 Å². The van der Waals surface area contributed by atoms with Crippen LogP contribution >= 0.6 is 0 Å². The number of likely N-dealkylation sites (tertiary alicyclic amines) is 1. The summed E-state index contributed by atoms with van der Waals surface area (Å²) in [4.78, 5) is 38.0. The molecule has 2 aliphatic carbocycles. The largest absolute Gasteiger partial charge is 0.324 e. The third kappa shape index (κ3) is 2.15. The Bertz CT molecular complexity index is 762. The minimum atomic E-state index is -1.08. The molecular weight excluding hydrogens is 318 g/mol. The topological polar surface area (TPSA) is 66.5 Å². The zero-order valence-electron chi connectivity index (χ0n) is 12.5. The van der Waals surface area contributed by atoms with Gasteiger partial charge in [0, 0.05) is 11.8 Å². The highest BCUT2D eigenvalue weighted by Gasteiger charge is 2.59. The Morgan fingerprint density at radius 2 is 1.71 bits per heavy atom. The molecule has 0 unspecified atom stereocenters. The second kappa shape index (κ2) is 5.22. The molecule has 124 valence electrons. The summed E-state index contributed by atoms with van der Waals surface area (Å²) in [6, 6.07) is 2.95. The van der Waals surface area contributed by atoms with E-state index < -0.39 is 24.1 Å². The highest BCUT2D eigenvalue weighted by molar-refractivity contribution is 6.09. The van der Waals surface area contributed by atoms with E-state index in [4.69, 9.17) is 0 Å². The molecule has 5 nitrogen and oxygen atoms in total. The van der Waals surface area contributed by atoms with Gasteiger partial charge in [-0.05, 0) is 30.4 Å². The zero-order valence-corrected chi connectivity index (χ0v) is 12.5. The van der Waals surface area contributed by atoms with Crippen molar-refractivity contribution in [1.29, 1.82) is 0 Å². The van der Waals surface area contributed by atoms with Crippen LogP contribution in [0, 0.1) is 35.3 Å². The molecule has 4 atom stereocenters. The van der Waals surface area contributed by atoms with Gasteiger partial charge in [0.1, 0.15) is 6.54 Å². The van der Waals surface area contributed by atoms with Crippen LogP contribution in [0.2, 0.25) is 0 Å². The quantitative estimate of drug-likeness (QED) is 0.677. The molecule has 1 heterocycles. The molecule has 3 amide bonds. The van der Waals surface area contributed by atoms with E-state index in [0.717, 1.165) is 23.5 Å². The first-order valence-corrected chi connectivity index (χ1v) is 7.74. The fourth-order valence-corrected chi connectivity index (χ4v) is 4.04. The molecular formula is C17H14F2N2O3. The first-order chi connectivity index (χ1) is 11.5. The van der Waals surface area contributed by atoms with Crippen LogP contribution in [0.5, 0.6) is 0 Å². The molecule has 0 spiro atoms. The molecule has 1 aromatic carbocycles. The summed E-state index contributed by atoms with van der Waals surface area (Å²) in [6.07, 6.45) is 4.77. The van der Waals surface area contributed by atoms with Gasteiger partial charge in [-0.2, -0.15) is 0 Å². The maximum Gasteiger partial charge on any atom is 0.244 e. The first-order valence-electron chi connectivity index (χ1n) is 7.74. The zero-order chi connectivity index (χ0) is 17.0. The van der Waals surface area contributed by atoms with Crippen LogP contribution in [0.25, 0.3) is 0 Å². The van der Waals surface area contributed by atoms with Gasteiger partial charge in [-0.15, -0.1) is 0 Å². The molecule has 0 aromatic heterocycles. The molecule has 2 bridgehead atoms. The summed E-state index contributed by atoms with van der Waals surface area (Å²) in [5, 5.41) is 2.37. The van der Waals surface area contributed by atoms with Crippen LogP contribution in [0.4, 0.5) is 14.5 Å². The average molecular weight is 332 g/mol. The average Bonchev–Trinajstić information content (AvgIpc) is 3.21. The van der Waals surface area contributed by atoms with E-state index in [2.05, 4.69) is 5.32 Å². The van der Waals surface area contributed by atoms with E-state index in [0.29, 0.717) is 0 Å². The summed E-state index contributed by atoms with van der Waals surface area (Å²) < 4.78 is 26.0. The molecule has 1 saturated carbocycles. The molecule has 4 rings (SSSR count). The molecule has 1 aliphatic heterocycles. The van der Waals surface area contributed by atoms with Gasteiger partial charge in [0.25, 0.3) is 0 Å². The number of nitrogens with one attached hydrogen (secondary N) is 1. The lowest BCUT2D eigenvalue weighted by atomic mass is 9.85. The molecule has 1 saturated heterocycles. The van der Waals surface area contributed by atoms with E-state index in [1.54, 1.807) is 0 Å². The van der Waals surface area contributed by atoms with Crippen molar-refractivity contribution in [2.75, 3.05) is 11.9 Å². The van der Waals surface area contributed by atoms with Gasteiger partial charge in [0.15, 0.2) is 11.6 Å². The molecule has 0 radical (unpaired) electrons. The summed E-state index contributed by atoms with van der Waals surface area (Å²) in [5.74, 6) is -3.92. The van der Waals surface area contributed by atoms with E-state index in [-0.39, 0.29) is 41.2 Å². The summed E-state index contributed by atoms with van der Waals surface area (Å²) in [6.45, 7) is -0.414. The summed E-state index contributed by atoms with van der Waals surface area (Å²) in [5.41, 5.74) is 0.0694. The summed E-state index contributed by atoms with van der Waals surface area (Å²) >= 11 is 0. The number of carbonyl (C=O) groups excluding carboxylic acids is 3. The Hall–Kier alpha value is -2.57. The van der Waals surface area contributed by atoms with Crippen molar-refractivity contribution in [3.63, 3.8) is 0 Å². The number of nitrogens with zero attached hydrogens (tertiary/aromatic N) is 1. The van der Waals surface area contributed by atoms with Crippen molar-refractivity contribution < 1.29 is 23.2 Å². The summed E-state index contributed by atoms with van der Waals surface area (Å²) in [7, 11) is 0. The van der Waals surface area contributed by atoms with Gasteiger partial charge in [0.2, 0.25) is 17.7 Å². The highest BCUT2D eigenvalue weighted by atomic mass is 19.2. The lowest BCUT2D eigenvalue weighted by Gasteiger charge is -2.16. The van der Waals surface area contributed by atoms with Crippen LogP contribution in [-0.2, 0) is 14.4 Å². The fourth-order valence-electron chi connectivity index (χ4n) is 4.04. The van der Waals surface area contributed by atoms with Crippen molar-refractivity contribution >= 4 is 23.4 Å². The predicted molar refractivity (Wildman–Crippen MR) is 79.4 cm³/mol. The van der Waals surface area contributed by atoms with Gasteiger partial charge in [-0.25, -0.2) is 8.78 Å². The van der Waals surface area contributed by atoms with E-state index in [9.17, 15) is 23.2 Å². The Morgan fingerprint density at radius 3 is 2.29 bits per heavy atom. The molecule has 7 heteroatoms. The molecule has 24 heavy (non-hydrogen) atoms. The van der Waals surface area contributed by atoms with E-state index >= 15 is 0 Å². The van der Waals surface area contributed by atoms with Crippen molar-refractivity contribution in [2.45, 2.75) is 6.42 Å². The third-order valence-corrected chi connectivity index (χ3v) is 5.07. The number of anilines is 1. The van der Waals surface area contributed by atoms with Crippen molar-refractivity contribution in [2.24, 2.45) is 23.7 Å². The van der Waals surface area contributed by atoms with Gasteiger partial charge < -0.3 is 5.32 Å². The number of hydrogen-bond acceptors (Lipinski definition) is 3. The number of imide groups is 1. The smallest absolute Gasteiger partial charge is 0.244 e. The predicted octanol–water partition coefficient (Wildman–Crippen LogP) is 1.71. The second-order valence-corrected chi connectivity index (χ2v) is 6.44. The van der Waals surface area contributed by atoms with Crippen molar-refractivity contribution in [3.8, 4) is 0 Å².